The van der Waals surface area contributed by atoms with Gasteiger partial charge in [0.1, 0.15) is 0 Å². The fourth-order valence-corrected chi connectivity index (χ4v) is 1.54. The maximum Gasteiger partial charge on any atom is 0.321 e. The van der Waals surface area contributed by atoms with Gasteiger partial charge in [0.05, 0.1) is 18.4 Å². The first-order valence-electron chi connectivity index (χ1n) is 6.47. The standard InChI is InChI=1S/C13H16FN5O/c1-3-6-16-12-17-11(18-13(19-12)20-4-2)9-5-7-15-8-10(9)14/h5,7-8H,3-4,6H2,1-2H3,(H,16,17,18,19). The van der Waals surface area contributed by atoms with Gasteiger partial charge in [0.25, 0.3) is 0 Å². The van der Waals surface area contributed by atoms with Crippen molar-refractivity contribution in [2.24, 2.45) is 0 Å². The van der Waals surface area contributed by atoms with Crippen molar-refractivity contribution >= 4 is 5.95 Å². The summed E-state index contributed by atoms with van der Waals surface area (Å²) in [4.78, 5) is 16.1. The minimum absolute atomic E-state index is 0.173. The van der Waals surface area contributed by atoms with Crippen molar-refractivity contribution in [2.45, 2.75) is 20.3 Å². The summed E-state index contributed by atoms with van der Waals surface area (Å²) in [6.45, 7) is 5.00. The topological polar surface area (TPSA) is 72.8 Å². The normalized spacial score (nSPS) is 10.3. The molecular weight excluding hydrogens is 261 g/mol. The molecule has 0 aromatic carbocycles. The molecule has 7 heteroatoms. The Kier molecular flexibility index (Phi) is 4.75. The Balaban J connectivity index is 2.40. The molecule has 0 unspecified atom stereocenters. The second-order valence-electron chi connectivity index (χ2n) is 3.98. The smallest absolute Gasteiger partial charge is 0.321 e. The Morgan fingerprint density at radius 1 is 1.25 bits per heavy atom. The second-order valence-corrected chi connectivity index (χ2v) is 3.98. The van der Waals surface area contributed by atoms with Crippen LogP contribution in [0.15, 0.2) is 18.5 Å². The molecule has 0 aliphatic rings. The molecule has 0 atom stereocenters. The number of halogens is 1. The molecule has 0 aliphatic heterocycles. The maximum atomic E-state index is 13.8. The van der Waals surface area contributed by atoms with Crippen molar-refractivity contribution in [2.75, 3.05) is 18.5 Å². The molecule has 2 aromatic heterocycles. The van der Waals surface area contributed by atoms with Crippen molar-refractivity contribution < 1.29 is 9.13 Å². The Hall–Kier alpha value is -2.31. The van der Waals surface area contributed by atoms with E-state index < -0.39 is 5.82 Å². The molecule has 0 amide bonds. The third-order valence-electron chi connectivity index (χ3n) is 2.43. The molecular formula is C13H16FN5O. The first-order valence-corrected chi connectivity index (χ1v) is 6.47. The summed E-state index contributed by atoms with van der Waals surface area (Å²) in [6, 6.07) is 1.69. The van der Waals surface area contributed by atoms with Gasteiger partial charge in [0.15, 0.2) is 11.6 Å². The van der Waals surface area contributed by atoms with Gasteiger partial charge in [-0.3, -0.25) is 4.98 Å². The average molecular weight is 277 g/mol. The maximum absolute atomic E-state index is 13.8. The predicted octanol–water partition coefficient (Wildman–Crippen LogP) is 2.29. The minimum atomic E-state index is -0.484. The van der Waals surface area contributed by atoms with Crippen LogP contribution in [0.1, 0.15) is 20.3 Å². The van der Waals surface area contributed by atoms with Crippen LogP contribution in [0.2, 0.25) is 0 Å². The van der Waals surface area contributed by atoms with E-state index in [1.165, 1.54) is 12.3 Å². The van der Waals surface area contributed by atoms with Crippen molar-refractivity contribution in [3.63, 3.8) is 0 Å². The quantitative estimate of drug-likeness (QED) is 0.873. The first kappa shape index (κ1) is 14.1. The zero-order valence-electron chi connectivity index (χ0n) is 11.4. The van der Waals surface area contributed by atoms with Gasteiger partial charge in [-0.2, -0.15) is 15.0 Å². The molecule has 0 bridgehead atoms. The molecule has 2 aromatic rings. The molecule has 1 N–H and O–H groups in total. The zero-order chi connectivity index (χ0) is 14.4. The average Bonchev–Trinajstić information content (AvgIpc) is 2.46. The van der Waals surface area contributed by atoms with Crippen molar-refractivity contribution in [3.8, 4) is 17.4 Å². The Bertz CT molecular complexity index is 578. The monoisotopic (exact) mass is 277 g/mol. The minimum Gasteiger partial charge on any atom is -0.464 e. The van der Waals surface area contributed by atoms with E-state index in [4.69, 9.17) is 4.74 Å². The van der Waals surface area contributed by atoms with E-state index in [-0.39, 0.29) is 17.4 Å². The van der Waals surface area contributed by atoms with Gasteiger partial charge in [0, 0.05) is 12.7 Å². The van der Waals surface area contributed by atoms with Crippen molar-refractivity contribution in [3.05, 3.63) is 24.3 Å². The molecule has 2 heterocycles. The van der Waals surface area contributed by atoms with Crippen LogP contribution in [-0.4, -0.2) is 33.1 Å². The lowest BCUT2D eigenvalue weighted by Crippen LogP contribution is -2.09. The lowest BCUT2D eigenvalue weighted by molar-refractivity contribution is 0.312. The van der Waals surface area contributed by atoms with Crippen molar-refractivity contribution in [1.29, 1.82) is 0 Å². The third-order valence-corrected chi connectivity index (χ3v) is 2.43. The summed E-state index contributed by atoms with van der Waals surface area (Å²) in [5, 5.41) is 3.04. The van der Waals surface area contributed by atoms with E-state index >= 15 is 0 Å². The van der Waals surface area contributed by atoms with Crippen LogP contribution < -0.4 is 10.1 Å². The van der Waals surface area contributed by atoms with Gasteiger partial charge in [-0.25, -0.2) is 4.39 Å². The number of nitrogens with one attached hydrogen (secondary N) is 1. The van der Waals surface area contributed by atoms with Crippen molar-refractivity contribution in [1.82, 2.24) is 19.9 Å². The van der Waals surface area contributed by atoms with Crippen LogP contribution in [-0.2, 0) is 0 Å². The summed E-state index contributed by atoms with van der Waals surface area (Å²) in [5.41, 5.74) is 0.267. The molecule has 2 rings (SSSR count). The Morgan fingerprint density at radius 3 is 2.80 bits per heavy atom. The van der Waals surface area contributed by atoms with Crippen LogP contribution in [0, 0.1) is 5.82 Å². The number of aromatic nitrogens is 4. The van der Waals surface area contributed by atoms with E-state index in [1.54, 1.807) is 0 Å². The van der Waals surface area contributed by atoms with Gasteiger partial charge in [-0.05, 0) is 19.4 Å². The predicted molar refractivity (Wildman–Crippen MR) is 73.0 cm³/mol. The summed E-state index contributed by atoms with van der Waals surface area (Å²) >= 11 is 0. The third kappa shape index (κ3) is 3.37. The fraction of sp³-hybridized carbons (Fsp3) is 0.385. The molecule has 0 spiro atoms. The summed E-state index contributed by atoms with van der Waals surface area (Å²) in [5.74, 6) is 0.112. The van der Waals surface area contributed by atoms with E-state index in [9.17, 15) is 4.39 Å². The van der Waals surface area contributed by atoms with E-state index in [1.807, 2.05) is 13.8 Å². The Labute approximate surface area is 116 Å². The summed E-state index contributed by atoms with van der Waals surface area (Å²) in [6.07, 6.45) is 3.54. The summed E-state index contributed by atoms with van der Waals surface area (Å²) < 4.78 is 19.0. The van der Waals surface area contributed by atoms with Crippen LogP contribution in [0.3, 0.4) is 0 Å². The van der Waals surface area contributed by atoms with E-state index in [0.717, 1.165) is 12.6 Å². The SMILES string of the molecule is CCCNc1nc(OCC)nc(-c2ccncc2F)n1. The van der Waals surface area contributed by atoms with E-state index in [2.05, 4.69) is 25.3 Å². The Morgan fingerprint density at radius 2 is 2.10 bits per heavy atom. The van der Waals surface area contributed by atoms with Crippen LogP contribution in [0.4, 0.5) is 10.3 Å². The van der Waals surface area contributed by atoms with E-state index in [0.29, 0.717) is 19.1 Å². The molecule has 0 fully saturated rings. The van der Waals surface area contributed by atoms with Crippen LogP contribution >= 0.6 is 0 Å². The number of hydrogen-bond donors (Lipinski definition) is 1. The second kappa shape index (κ2) is 6.74. The molecule has 106 valence electrons. The molecule has 0 radical (unpaired) electrons. The number of rotatable bonds is 6. The van der Waals surface area contributed by atoms with Crippen LogP contribution in [0.25, 0.3) is 11.4 Å². The fourth-order valence-electron chi connectivity index (χ4n) is 1.54. The van der Waals surface area contributed by atoms with Gasteiger partial charge in [-0.1, -0.05) is 6.92 Å². The number of hydrogen-bond acceptors (Lipinski definition) is 6. The largest absolute Gasteiger partial charge is 0.464 e. The lowest BCUT2D eigenvalue weighted by Gasteiger charge is -2.08. The number of nitrogens with zero attached hydrogens (tertiary/aromatic N) is 4. The molecule has 0 aliphatic carbocycles. The van der Waals surface area contributed by atoms with Crippen LogP contribution in [0.5, 0.6) is 6.01 Å². The van der Waals surface area contributed by atoms with Gasteiger partial charge >= 0.3 is 6.01 Å². The zero-order valence-corrected chi connectivity index (χ0v) is 11.4. The lowest BCUT2D eigenvalue weighted by atomic mass is 10.2. The number of ether oxygens (including phenoxy) is 1. The molecule has 0 saturated heterocycles. The molecule has 20 heavy (non-hydrogen) atoms. The number of pyridine rings is 1. The van der Waals surface area contributed by atoms with Gasteiger partial charge < -0.3 is 10.1 Å². The molecule has 0 saturated carbocycles. The highest BCUT2D eigenvalue weighted by molar-refractivity contribution is 5.56. The first-order chi connectivity index (χ1) is 9.74. The molecule has 6 nitrogen and oxygen atoms in total. The van der Waals surface area contributed by atoms with Gasteiger partial charge in [0.2, 0.25) is 5.95 Å². The summed E-state index contributed by atoms with van der Waals surface area (Å²) in [7, 11) is 0. The highest BCUT2D eigenvalue weighted by Crippen LogP contribution is 2.20. The highest BCUT2D eigenvalue weighted by atomic mass is 19.1. The number of anilines is 1. The highest BCUT2D eigenvalue weighted by Gasteiger charge is 2.12. The van der Waals surface area contributed by atoms with Gasteiger partial charge in [-0.15, -0.1) is 0 Å².